The van der Waals surface area contributed by atoms with Gasteiger partial charge in [-0.1, -0.05) is 48.8 Å². The number of benzene rings is 2. The molecule has 0 atom stereocenters. The van der Waals surface area contributed by atoms with Crippen LogP contribution in [0.1, 0.15) is 0 Å². The van der Waals surface area contributed by atoms with Gasteiger partial charge in [0.25, 0.3) is 0 Å². The van der Waals surface area contributed by atoms with Gasteiger partial charge in [0.2, 0.25) is 0 Å². The summed E-state index contributed by atoms with van der Waals surface area (Å²) >= 11 is 0. The zero-order chi connectivity index (χ0) is 20.1. The van der Waals surface area contributed by atoms with Crippen LogP contribution in [0.2, 0.25) is 0 Å². The molecule has 0 radical (unpaired) electrons. The first-order chi connectivity index (χ1) is 14.8. The van der Waals surface area contributed by atoms with Crippen LogP contribution in [0.4, 0.5) is 0 Å². The average Bonchev–Trinajstić information content (AvgIpc) is 3.51. The van der Waals surface area contributed by atoms with Crippen LogP contribution in [0.3, 0.4) is 0 Å². The molecule has 4 heterocycles. The summed E-state index contributed by atoms with van der Waals surface area (Å²) in [7, 11) is 0. The Morgan fingerprint density at radius 2 is 1.71 bits per heavy atom. The largest absolute Gasteiger partial charge is 2.00 e. The fourth-order valence-corrected chi connectivity index (χ4v) is 3.87. The molecule has 7 heteroatoms. The first-order valence-corrected chi connectivity index (χ1v) is 9.59. The molecule has 2 aromatic carbocycles. The number of aromatic hydroxyl groups is 1. The maximum absolute atomic E-state index is 10.1. The summed E-state index contributed by atoms with van der Waals surface area (Å²) in [4.78, 5) is 9.44. The zero-order valence-electron chi connectivity index (χ0n) is 16.2. The van der Waals surface area contributed by atoms with E-state index in [-0.39, 0.29) is 26.8 Å². The molecule has 6 aromatic rings. The molecule has 0 aliphatic carbocycles. The molecule has 0 saturated heterocycles. The Hall–Kier alpha value is -3.63. The number of phenols is 1. The predicted octanol–water partition coefficient (Wildman–Crippen LogP) is 3.71. The predicted molar refractivity (Wildman–Crippen MR) is 113 cm³/mol. The summed E-state index contributed by atoms with van der Waals surface area (Å²) < 4.78 is 5.62. The molecule has 0 saturated carbocycles. The van der Waals surface area contributed by atoms with Crippen LogP contribution in [-0.4, -0.2) is 19.2 Å². The van der Waals surface area contributed by atoms with Gasteiger partial charge in [-0.2, -0.15) is 0 Å². The van der Waals surface area contributed by atoms with Gasteiger partial charge >= 0.3 is 21.1 Å². The van der Waals surface area contributed by atoms with Crippen molar-refractivity contribution in [3.8, 4) is 23.1 Å². The van der Waals surface area contributed by atoms with Crippen LogP contribution in [-0.2, 0) is 21.1 Å². The number of imidazole rings is 1. The third-order valence-electron chi connectivity index (χ3n) is 5.24. The standard InChI is InChI=1S/C24H16N5O.Pt/c30-21-10-4-3-9-20(21)27-14-15-28(16-27)22-11-12-23(26-22)29-19-8-2-1-6-17(19)18-7-5-13-25-24(18)29;/h1-15,30H;/q-1;+2. The molecule has 152 valence electrons. The summed E-state index contributed by atoms with van der Waals surface area (Å²) in [6.45, 7) is 0. The Morgan fingerprint density at radius 3 is 2.61 bits per heavy atom. The zero-order valence-corrected chi connectivity index (χ0v) is 18.4. The van der Waals surface area contributed by atoms with Crippen molar-refractivity contribution in [3.63, 3.8) is 0 Å². The molecule has 4 aromatic heterocycles. The molecule has 31 heavy (non-hydrogen) atoms. The Kier molecular flexibility index (Phi) is 4.72. The first kappa shape index (κ1) is 19.3. The van der Waals surface area contributed by atoms with E-state index in [4.69, 9.17) is 4.98 Å². The van der Waals surface area contributed by atoms with Crippen LogP contribution in [0.15, 0.2) is 91.4 Å². The van der Waals surface area contributed by atoms with Crippen molar-refractivity contribution in [2.45, 2.75) is 0 Å². The van der Waals surface area contributed by atoms with E-state index in [2.05, 4.69) is 34.1 Å². The summed E-state index contributed by atoms with van der Waals surface area (Å²) in [6.07, 6.45) is 8.71. The van der Waals surface area contributed by atoms with Crippen LogP contribution in [0.25, 0.3) is 39.3 Å². The number of nitrogens with zero attached hydrogens (tertiary/aromatic N) is 5. The topological polar surface area (TPSA) is 61.0 Å². The van der Waals surface area contributed by atoms with Crippen molar-refractivity contribution >= 4 is 21.9 Å². The summed E-state index contributed by atoms with van der Waals surface area (Å²) in [5, 5.41) is 12.3. The van der Waals surface area contributed by atoms with E-state index in [0.29, 0.717) is 5.69 Å². The van der Waals surface area contributed by atoms with Crippen LogP contribution >= 0.6 is 0 Å². The maximum atomic E-state index is 10.1. The van der Waals surface area contributed by atoms with Gasteiger partial charge in [0.1, 0.15) is 17.2 Å². The number of hydrogen-bond acceptors (Lipinski definition) is 2. The quantitative estimate of drug-likeness (QED) is 0.255. The Morgan fingerprint density at radius 1 is 0.903 bits per heavy atom. The second kappa shape index (κ2) is 7.56. The normalized spacial score (nSPS) is 11.1. The minimum Gasteiger partial charge on any atom is -0.514 e. The molecular formula is C24H16N5OPt+. The molecule has 0 unspecified atom stereocenters. The summed E-state index contributed by atoms with van der Waals surface area (Å²) in [5.74, 6) is 1.73. The van der Waals surface area contributed by atoms with Crippen molar-refractivity contribution in [1.29, 1.82) is 0 Å². The Bertz CT molecular complexity index is 1470. The van der Waals surface area contributed by atoms with Crippen molar-refractivity contribution in [2.75, 3.05) is 0 Å². The van der Waals surface area contributed by atoms with Crippen LogP contribution in [0.5, 0.6) is 5.75 Å². The number of hydrogen-bond donors (Lipinski definition) is 1. The van der Waals surface area contributed by atoms with Gasteiger partial charge in [0.05, 0.1) is 11.3 Å². The molecular weight excluding hydrogens is 569 g/mol. The average molecular weight is 586 g/mol. The van der Waals surface area contributed by atoms with E-state index in [1.54, 1.807) is 27.5 Å². The molecule has 0 aliphatic heterocycles. The monoisotopic (exact) mass is 585 g/mol. The number of fused-ring (bicyclic) bond motifs is 3. The van der Waals surface area contributed by atoms with Gasteiger partial charge in [-0.15, -0.1) is 0 Å². The van der Waals surface area contributed by atoms with E-state index in [0.717, 1.165) is 33.6 Å². The summed E-state index contributed by atoms with van der Waals surface area (Å²) in [5.41, 5.74) is 2.61. The fourth-order valence-electron chi connectivity index (χ4n) is 3.87. The minimum absolute atomic E-state index is 0. The number of para-hydroxylation sites is 3. The Labute approximate surface area is 192 Å². The molecule has 1 N–H and O–H groups in total. The number of phenolic OH excluding ortho intramolecular Hbond substituents is 1. The van der Waals surface area contributed by atoms with Gasteiger partial charge in [-0.25, -0.2) is 4.98 Å². The second-order valence-electron chi connectivity index (χ2n) is 7.02. The number of pyridine rings is 1. The van der Waals surface area contributed by atoms with E-state index in [1.165, 1.54) is 0 Å². The van der Waals surface area contributed by atoms with E-state index in [9.17, 15) is 5.11 Å². The Balaban J connectivity index is 0.00000204. The van der Waals surface area contributed by atoms with E-state index >= 15 is 0 Å². The van der Waals surface area contributed by atoms with Crippen LogP contribution in [0, 0.1) is 6.33 Å². The van der Waals surface area contributed by atoms with Crippen molar-refractivity contribution in [1.82, 2.24) is 19.1 Å². The third-order valence-corrected chi connectivity index (χ3v) is 5.24. The fraction of sp³-hybridized carbons (Fsp3) is 0. The SMILES string of the molecule is Oc1ccccc1-n1[c-][n+](-c2ccc(-n3c4ccccc4c4cccnc43)[n-]2)cc1.[Pt+2]. The van der Waals surface area contributed by atoms with Gasteiger partial charge in [0.15, 0.2) is 0 Å². The van der Waals surface area contributed by atoms with Crippen molar-refractivity contribution in [3.05, 3.63) is 97.7 Å². The minimum atomic E-state index is 0. The first-order valence-electron chi connectivity index (χ1n) is 9.59. The number of aromatic nitrogens is 5. The smallest absolute Gasteiger partial charge is 0.514 e. The van der Waals surface area contributed by atoms with Gasteiger partial charge in [0, 0.05) is 29.0 Å². The van der Waals surface area contributed by atoms with Crippen molar-refractivity contribution < 1.29 is 30.7 Å². The van der Waals surface area contributed by atoms with Gasteiger partial charge < -0.3 is 14.2 Å². The van der Waals surface area contributed by atoms with Gasteiger partial charge in [-0.05, 0) is 36.4 Å². The third kappa shape index (κ3) is 3.07. The molecule has 0 amide bonds. The van der Waals surface area contributed by atoms with E-state index < -0.39 is 0 Å². The molecule has 0 bridgehead atoms. The summed E-state index contributed by atoms with van der Waals surface area (Å²) in [6, 6.07) is 23.4. The molecule has 0 aliphatic rings. The van der Waals surface area contributed by atoms with Gasteiger partial charge in [-0.3, -0.25) is 9.55 Å². The molecule has 0 spiro atoms. The number of rotatable bonds is 3. The second-order valence-corrected chi connectivity index (χ2v) is 7.02. The maximum Gasteiger partial charge on any atom is 2.00 e. The molecule has 6 nitrogen and oxygen atoms in total. The van der Waals surface area contributed by atoms with E-state index in [1.807, 2.05) is 54.9 Å². The molecule has 0 fully saturated rings. The van der Waals surface area contributed by atoms with Crippen molar-refractivity contribution in [2.24, 2.45) is 0 Å². The molecule has 6 rings (SSSR count). The van der Waals surface area contributed by atoms with Crippen LogP contribution < -0.4 is 9.55 Å².